The van der Waals surface area contributed by atoms with Gasteiger partial charge < -0.3 is 4.74 Å². The predicted octanol–water partition coefficient (Wildman–Crippen LogP) is 1.51. The number of hydrogen-bond acceptors (Lipinski definition) is 5. The summed E-state index contributed by atoms with van der Waals surface area (Å²) in [4.78, 5) is 2.27. The highest BCUT2D eigenvalue weighted by Crippen LogP contribution is 2.15. The first-order valence-corrected chi connectivity index (χ1v) is 6.42. The summed E-state index contributed by atoms with van der Waals surface area (Å²) >= 11 is 0. The van der Waals surface area contributed by atoms with Crippen molar-refractivity contribution in [2.45, 2.75) is 20.4 Å². The van der Waals surface area contributed by atoms with Crippen molar-refractivity contribution in [1.29, 1.82) is 0 Å². The molecule has 0 N–H and O–H groups in total. The Bertz CT molecular complexity index is 504. The van der Waals surface area contributed by atoms with E-state index < -0.39 is 0 Å². The lowest BCUT2D eigenvalue weighted by Gasteiger charge is -2.17. The molecule has 0 spiro atoms. The maximum Gasteiger partial charge on any atom is 0.170 e. The van der Waals surface area contributed by atoms with Crippen molar-refractivity contribution in [3.8, 4) is 11.4 Å². The van der Waals surface area contributed by atoms with Gasteiger partial charge in [-0.1, -0.05) is 13.8 Å². The fourth-order valence-electron chi connectivity index (χ4n) is 1.88. The normalized spacial score (nSPS) is 10.9. The molecule has 19 heavy (non-hydrogen) atoms. The summed E-state index contributed by atoms with van der Waals surface area (Å²) in [6, 6.07) is 7.69. The molecular formula is C13H19N5O. The summed E-state index contributed by atoms with van der Waals surface area (Å²) in [6.07, 6.45) is 0. The van der Waals surface area contributed by atoms with E-state index in [1.807, 2.05) is 24.3 Å². The van der Waals surface area contributed by atoms with Crippen molar-refractivity contribution >= 4 is 0 Å². The second-order valence-corrected chi connectivity index (χ2v) is 4.17. The minimum Gasteiger partial charge on any atom is -0.497 e. The summed E-state index contributed by atoms with van der Waals surface area (Å²) in [6.45, 7) is 6.96. The third kappa shape index (κ3) is 3.08. The highest BCUT2D eigenvalue weighted by atomic mass is 16.5. The van der Waals surface area contributed by atoms with Crippen molar-refractivity contribution in [2.75, 3.05) is 20.2 Å². The molecule has 1 heterocycles. The van der Waals surface area contributed by atoms with E-state index in [1.165, 1.54) is 0 Å². The van der Waals surface area contributed by atoms with Gasteiger partial charge in [-0.15, -0.1) is 5.10 Å². The van der Waals surface area contributed by atoms with Gasteiger partial charge in [0.05, 0.1) is 19.3 Å². The van der Waals surface area contributed by atoms with Crippen molar-refractivity contribution in [1.82, 2.24) is 25.1 Å². The molecule has 2 aromatic rings. The summed E-state index contributed by atoms with van der Waals surface area (Å²) in [5.74, 6) is 1.66. The van der Waals surface area contributed by atoms with E-state index in [2.05, 4.69) is 34.3 Å². The van der Waals surface area contributed by atoms with Gasteiger partial charge in [-0.05, 0) is 47.8 Å². The number of methoxy groups -OCH3 is 1. The molecule has 0 unspecified atom stereocenters. The quantitative estimate of drug-likeness (QED) is 0.789. The van der Waals surface area contributed by atoms with Crippen LogP contribution >= 0.6 is 0 Å². The highest BCUT2D eigenvalue weighted by Gasteiger charge is 2.11. The van der Waals surface area contributed by atoms with Gasteiger partial charge in [0, 0.05) is 0 Å². The number of rotatable bonds is 6. The van der Waals surface area contributed by atoms with Crippen LogP contribution in [0.3, 0.4) is 0 Å². The molecule has 0 atom stereocenters. The fraction of sp³-hybridized carbons (Fsp3) is 0.462. The van der Waals surface area contributed by atoms with Crippen molar-refractivity contribution in [3.63, 3.8) is 0 Å². The van der Waals surface area contributed by atoms with Gasteiger partial charge >= 0.3 is 0 Å². The molecule has 0 saturated carbocycles. The van der Waals surface area contributed by atoms with E-state index in [0.717, 1.165) is 36.9 Å². The molecule has 0 fully saturated rings. The first-order chi connectivity index (χ1) is 9.28. The summed E-state index contributed by atoms with van der Waals surface area (Å²) in [7, 11) is 1.65. The van der Waals surface area contributed by atoms with Gasteiger partial charge in [0.1, 0.15) is 5.75 Å². The zero-order valence-electron chi connectivity index (χ0n) is 11.6. The lowest BCUT2D eigenvalue weighted by Crippen LogP contribution is -2.24. The first kappa shape index (κ1) is 13.5. The minimum atomic E-state index is 0.742. The van der Waals surface area contributed by atoms with Crippen LogP contribution in [0.25, 0.3) is 5.69 Å². The van der Waals surface area contributed by atoms with Crippen LogP contribution in [0.1, 0.15) is 19.7 Å². The Balaban J connectivity index is 2.22. The van der Waals surface area contributed by atoms with E-state index >= 15 is 0 Å². The standard InChI is InChI=1S/C13H19N5O/c1-4-17(5-2)10-13-14-15-16-18(13)11-6-8-12(19-3)9-7-11/h6-9H,4-5,10H2,1-3H3. The van der Waals surface area contributed by atoms with Crippen molar-refractivity contribution in [3.05, 3.63) is 30.1 Å². The summed E-state index contributed by atoms with van der Waals surface area (Å²) < 4.78 is 6.91. The van der Waals surface area contributed by atoms with Crippen molar-refractivity contribution in [2.24, 2.45) is 0 Å². The lowest BCUT2D eigenvalue weighted by molar-refractivity contribution is 0.285. The number of hydrogen-bond donors (Lipinski definition) is 0. The molecule has 0 bridgehead atoms. The van der Waals surface area contributed by atoms with Crippen molar-refractivity contribution < 1.29 is 4.74 Å². The van der Waals surface area contributed by atoms with Gasteiger partial charge in [-0.3, -0.25) is 4.90 Å². The molecule has 2 rings (SSSR count). The molecule has 1 aromatic carbocycles. The zero-order chi connectivity index (χ0) is 13.7. The topological polar surface area (TPSA) is 56.1 Å². The van der Waals surface area contributed by atoms with E-state index in [0.29, 0.717) is 0 Å². The Labute approximate surface area is 113 Å². The number of benzene rings is 1. The number of ether oxygens (including phenoxy) is 1. The lowest BCUT2D eigenvalue weighted by atomic mass is 10.3. The average molecular weight is 261 g/mol. The van der Waals surface area contributed by atoms with Crippen LogP contribution in [-0.2, 0) is 6.54 Å². The molecule has 6 nitrogen and oxygen atoms in total. The second kappa shape index (κ2) is 6.29. The van der Waals surface area contributed by atoms with E-state index in [1.54, 1.807) is 11.8 Å². The summed E-state index contributed by atoms with van der Waals surface area (Å²) in [5.41, 5.74) is 0.938. The maximum atomic E-state index is 5.15. The van der Waals surface area contributed by atoms with E-state index in [-0.39, 0.29) is 0 Å². The van der Waals surface area contributed by atoms with Crippen LogP contribution in [0.5, 0.6) is 5.75 Å². The van der Waals surface area contributed by atoms with Gasteiger partial charge in [0.2, 0.25) is 0 Å². The van der Waals surface area contributed by atoms with Crippen LogP contribution in [0.15, 0.2) is 24.3 Å². The summed E-state index contributed by atoms with van der Waals surface area (Å²) in [5, 5.41) is 11.9. The van der Waals surface area contributed by atoms with Crippen LogP contribution in [0, 0.1) is 0 Å². The number of aromatic nitrogens is 4. The molecule has 0 aliphatic heterocycles. The largest absolute Gasteiger partial charge is 0.497 e. The first-order valence-electron chi connectivity index (χ1n) is 6.42. The predicted molar refractivity (Wildman–Crippen MR) is 72.3 cm³/mol. The van der Waals surface area contributed by atoms with E-state index in [9.17, 15) is 0 Å². The Hall–Kier alpha value is -1.95. The zero-order valence-corrected chi connectivity index (χ0v) is 11.6. The fourth-order valence-corrected chi connectivity index (χ4v) is 1.88. The van der Waals surface area contributed by atoms with Gasteiger partial charge in [-0.25, -0.2) is 0 Å². The molecule has 0 aliphatic rings. The van der Waals surface area contributed by atoms with Gasteiger partial charge in [0.25, 0.3) is 0 Å². The van der Waals surface area contributed by atoms with Crippen LogP contribution in [-0.4, -0.2) is 45.3 Å². The molecule has 0 aliphatic carbocycles. The second-order valence-electron chi connectivity index (χ2n) is 4.17. The highest BCUT2D eigenvalue weighted by molar-refractivity contribution is 5.36. The maximum absolute atomic E-state index is 5.15. The van der Waals surface area contributed by atoms with E-state index in [4.69, 9.17) is 4.74 Å². The van der Waals surface area contributed by atoms with Crippen LogP contribution in [0.2, 0.25) is 0 Å². The Morgan fingerprint density at radius 2 is 1.84 bits per heavy atom. The number of nitrogens with zero attached hydrogens (tertiary/aromatic N) is 5. The number of tetrazole rings is 1. The Kier molecular flexibility index (Phi) is 4.46. The van der Waals surface area contributed by atoms with Gasteiger partial charge in [-0.2, -0.15) is 4.68 Å². The SMILES string of the molecule is CCN(CC)Cc1nnnn1-c1ccc(OC)cc1. The average Bonchev–Trinajstić information content (AvgIpc) is 2.93. The molecule has 102 valence electrons. The monoisotopic (exact) mass is 261 g/mol. The third-order valence-electron chi connectivity index (χ3n) is 3.11. The minimum absolute atomic E-state index is 0.742. The molecular weight excluding hydrogens is 242 g/mol. The van der Waals surface area contributed by atoms with Crippen LogP contribution < -0.4 is 4.74 Å². The van der Waals surface area contributed by atoms with Gasteiger partial charge in [0.15, 0.2) is 5.82 Å². The molecule has 0 amide bonds. The molecule has 0 radical (unpaired) electrons. The van der Waals surface area contributed by atoms with Crippen LogP contribution in [0.4, 0.5) is 0 Å². The molecule has 1 aromatic heterocycles. The Morgan fingerprint density at radius 1 is 1.16 bits per heavy atom. The molecule has 6 heteroatoms. The Morgan fingerprint density at radius 3 is 2.42 bits per heavy atom. The third-order valence-corrected chi connectivity index (χ3v) is 3.11. The molecule has 0 saturated heterocycles. The smallest absolute Gasteiger partial charge is 0.170 e.